The Morgan fingerprint density at radius 3 is 2.50 bits per heavy atom. The lowest BCUT2D eigenvalue weighted by molar-refractivity contribution is -0.384. The van der Waals surface area contributed by atoms with Crippen molar-refractivity contribution >= 4 is 51.2 Å². The van der Waals surface area contributed by atoms with Gasteiger partial charge in [-0.15, -0.1) is 0 Å². The Kier molecular flexibility index (Phi) is 6.69. The van der Waals surface area contributed by atoms with Crippen molar-refractivity contribution in [2.75, 3.05) is 18.6 Å². The highest BCUT2D eigenvalue weighted by Crippen LogP contribution is 2.37. The maximum absolute atomic E-state index is 13.0. The lowest BCUT2D eigenvalue weighted by atomic mass is 10.1. The van der Waals surface area contributed by atoms with Crippen LogP contribution in [0.4, 0.5) is 16.2 Å². The van der Waals surface area contributed by atoms with Crippen molar-refractivity contribution < 1.29 is 28.8 Å². The quantitative estimate of drug-likeness (QED) is 0.202. The Morgan fingerprint density at radius 2 is 1.91 bits per heavy atom. The van der Waals surface area contributed by atoms with Crippen molar-refractivity contribution in [2.45, 2.75) is 0 Å². The zero-order chi connectivity index (χ0) is 23.4. The summed E-state index contributed by atoms with van der Waals surface area (Å²) in [5.41, 5.74) is -0.0163. The Bertz CT molecular complexity index is 1160. The van der Waals surface area contributed by atoms with Crippen LogP contribution in [0.15, 0.2) is 59.1 Å². The van der Waals surface area contributed by atoms with Crippen molar-refractivity contribution in [1.29, 1.82) is 0 Å². The number of methoxy groups -OCH3 is 1. The summed E-state index contributed by atoms with van der Waals surface area (Å²) in [5, 5.41) is 12.9. The van der Waals surface area contributed by atoms with Gasteiger partial charge in [0.2, 0.25) is 0 Å². The predicted octanol–water partition coefficient (Wildman–Crippen LogP) is 3.60. The first-order valence-corrected chi connectivity index (χ1v) is 9.83. The number of benzene rings is 2. The number of anilines is 1. The number of hydrogen-bond acceptors (Lipinski definition) is 7. The number of hydrogen-bond donors (Lipinski definition) is 1. The molecule has 1 aliphatic rings. The number of rotatable bonds is 7. The predicted molar refractivity (Wildman–Crippen MR) is 118 cm³/mol. The van der Waals surface area contributed by atoms with Gasteiger partial charge in [-0.25, -0.2) is 9.69 Å². The fourth-order valence-corrected chi connectivity index (χ4v) is 3.46. The van der Waals surface area contributed by atoms with Crippen LogP contribution in [0.5, 0.6) is 11.5 Å². The van der Waals surface area contributed by atoms with Gasteiger partial charge in [0.1, 0.15) is 12.2 Å². The van der Waals surface area contributed by atoms with E-state index >= 15 is 0 Å². The minimum atomic E-state index is -0.960. The Labute approximate surface area is 190 Å². The summed E-state index contributed by atoms with van der Waals surface area (Å²) in [7, 11) is 1.44. The standard InChI is InChI=1S/C21H16BrN3O7/c1-3-8-32-18-16(22)10-12(11-17(18)31-2)9-15-19(26)23-21(28)24(20(15)27)13-4-6-14(7-5-13)25(29)30/h3-7,9-11H,1,8H2,2H3,(H,23,26,28)/b15-9+. The smallest absolute Gasteiger partial charge is 0.335 e. The molecule has 2 aromatic carbocycles. The average Bonchev–Trinajstić information content (AvgIpc) is 2.75. The van der Waals surface area contributed by atoms with Crippen LogP contribution in [0.1, 0.15) is 5.56 Å². The second kappa shape index (κ2) is 9.43. The highest BCUT2D eigenvalue weighted by molar-refractivity contribution is 9.10. The van der Waals surface area contributed by atoms with Gasteiger partial charge >= 0.3 is 6.03 Å². The molecule has 1 saturated heterocycles. The van der Waals surface area contributed by atoms with Crippen LogP contribution in [-0.2, 0) is 9.59 Å². The maximum atomic E-state index is 13.0. The number of nitro groups is 1. The van der Waals surface area contributed by atoms with Crippen LogP contribution in [0.25, 0.3) is 6.08 Å². The number of urea groups is 1. The van der Waals surface area contributed by atoms with Gasteiger partial charge in [-0.05, 0) is 51.8 Å². The molecule has 0 atom stereocenters. The largest absolute Gasteiger partial charge is 0.493 e. The lowest BCUT2D eigenvalue weighted by Gasteiger charge is -2.26. The van der Waals surface area contributed by atoms with E-state index in [1.54, 1.807) is 18.2 Å². The van der Waals surface area contributed by atoms with Gasteiger partial charge in [0, 0.05) is 12.1 Å². The van der Waals surface area contributed by atoms with Crippen molar-refractivity contribution in [3.8, 4) is 11.5 Å². The minimum absolute atomic E-state index is 0.0726. The van der Waals surface area contributed by atoms with E-state index in [2.05, 4.69) is 27.8 Å². The van der Waals surface area contributed by atoms with E-state index in [4.69, 9.17) is 9.47 Å². The first-order chi connectivity index (χ1) is 15.3. The molecule has 2 aromatic rings. The van der Waals surface area contributed by atoms with Gasteiger partial charge in [0.25, 0.3) is 17.5 Å². The third-order valence-corrected chi connectivity index (χ3v) is 4.92. The molecule has 4 amide bonds. The molecule has 0 radical (unpaired) electrons. The normalized spacial score (nSPS) is 14.9. The maximum Gasteiger partial charge on any atom is 0.335 e. The Balaban J connectivity index is 1.99. The molecule has 0 unspecified atom stereocenters. The summed E-state index contributed by atoms with van der Waals surface area (Å²) >= 11 is 3.37. The van der Waals surface area contributed by atoms with E-state index in [1.807, 2.05) is 0 Å². The number of carbonyl (C=O) groups excluding carboxylic acids is 3. The number of amides is 4. The van der Waals surface area contributed by atoms with E-state index in [0.29, 0.717) is 21.5 Å². The fraction of sp³-hybridized carbons (Fsp3) is 0.0952. The first kappa shape index (κ1) is 22.7. The van der Waals surface area contributed by atoms with E-state index in [9.17, 15) is 24.5 Å². The summed E-state index contributed by atoms with van der Waals surface area (Å²) in [5.74, 6) is -0.994. The van der Waals surface area contributed by atoms with Gasteiger partial charge in [-0.2, -0.15) is 0 Å². The molecule has 1 N–H and O–H groups in total. The number of imide groups is 2. The number of carbonyl (C=O) groups is 3. The SMILES string of the molecule is C=CCOc1c(Br)cc(/C=C2\C(=O)NC(=O)N(c3ccc([N+](=O)[O-])cc3)C2=O)cc1OC. The summed E-state index contributed by atoms with van der Waals surface area (Å²) in [4.78, 5) is 48.6. The minimum Gasteiger partial charge on any atom is -0.493 e. The number of non-ortho nitro benzene ring substituents is 1. The van der Waals surface area contributed by atoms with Crippen molar-refractivity contribution in [3.63, 3.8) is 0 Å². The van der Waals surface area contributed by atoms with Gasteiger partial charge in [0.15, 0.2) is 11.5 Å². The third kappa shape index (κ3) is 4.52. The molecular formula is C21H16BrN3O7. The van der Waals surface area contributed by atoms with Gasteiger partial charge in [0.05, 0.1) is 22.2 Å². The second-order valence-corrected chi connectivity index (χ2v) is 7.22. The molecule has 0 bridgehead atoms. The number of halogens is 1. The summed E-state index contributed by atoms with van der Waals surface area (Å²) in [6, 6.07) is 7.00. The summed E-state index contributed by atoms with van der Waals surface area (Å²) in [6.07, 6.45) is 2.86. The van der Waals surface area contributed by atoms with Crippen molar-refractivity contribution in [3.05, 3.63) is 74.8 Å². The van der Waals surface area contributed by atoms with Crippen LogP contribution in [0.2, 0.25) is 0 Å². The topological polar surface area (TPSA) is 128 Å². The molecule has 1 fully saturated rings. The molecule has 164 valence electrons. The van der Waals surface area contributed by atoms with Gasteiger partial charge in [-0.1, -0.05) is 12.7 Å². The second-order valence-electron chi connectivity index (χ2n) is 6.37. The summed E-state index contributed by atoms with van der Waals surface area (Å²) in [6.45, 7) is 3.82. The molecule has 10 nitrogen and oxygen atoms in total. The molecule has 1 heterocycles. The van der Waals surface area contributed by atoms with Gasteiger partial charge < -0.3 is 9.47 Å². The van der Waals surface area contributed by atoms with E-state index in [0.717, 1.165) is 17.0 Å². The van der Waals surface area contributed by atoms with E-state index < -0.39 is 22.8 Å². The molecular weight excluding hydrogens is 486 g/mol. The molecule has 1 aliphatic heterocycles. The number of barbiturate groups is 1. The van der Waals surface area contributed by atoms with E-state index in [-0.39, 0.29) is 23.6 Å². The Morgan fingerprint density at radius 1 is 1.22 bits per heavy atom. The molecule has 0 saturated carbocycles. The number of nitro benzene ring substituents is 1. The molecule has 0 aliphatic carbocycles. The Hall–Kier alpha value is -3.99. The number of nitrogens with zero attached hydrogens (tertiary/aromatic N) is 2. The first-order valence-electron chi connectivity index (χ1n) is 9.04. The molecule has 11 heteroatoms. The zero-order valence-corrected chi connectivity index (χ0v) is 18.2. The van der Waals surface area contributed by atoms with Crippen LogP contribution in [-0.4, -0.2) is 36.5 Å². The third-order valence-electron chi connectivity index (χ3n) is 4.33. The van der Waals surface area contributed by atoms with Gasteiger partial charge in [-0.3, -0.25) is 25.0 Å². The highest BCUT2D eigenvalue weighted by Gasteiger charge is 2.37. The fourth-order valence-electron chi connectivity index (χ4n) is 2.89. The van der Waals surface area contributed by atoms with Crippen LogP contribution >= 0.6 is 15.9 Å². The molecule has 0 aromatic heterocycles. The monoisotopic (exact) mass is 501 g/mol. The number of nitrogens with one attached hydrogen (secondary N) is 1. The highest BCUT2D eigenvalue weighted by atomic mass is 79.9. The zero-order valence-electron chi connectivity index (χ0n) is 16.7. The van der Waals surface area contributed by atoms with Crippen LogP contribution in [0, 0.1) is 10.1 Å². The molecule has 32 heavy (non-hydrogen) atoms. The van der Waals surface area contributed by atoms with Crippen molar-refractivity contribution in [2.24, 2.45) is 0 Å². The molecule has 0 spiro atoms. The summed E-state index contributed by atoms with van der Waals surface area (Å²) < 4.78 is 11.4. The van der Waals surface area contributed by atoms with Crippen LogP contribution < -0.4 is 19.7 Å². The molecule has 3 rings (SSSR count). The average molecular weight is 502 g/mol. The van der Waals surface area contributed by atoms with E-state index in [1.165, 1.54) is 25.3 Å². The van der Waals surface area contributed by atoms with Crippen molar-refractivity contribution in [1.82, 2.24) is 5.32 Å². The van der Waals surface area contributed by atoms with Crippen LogP contribution in [0.3, 0.4) is 0 Å². The number of ether oxygens (including phenoxy) is 2. The lowest BCUT2D eigenvalue weighted by Crippen LogP contribution is -2.54.